The van der Waals surface area contributed by atoms with Crippen molar-refractivity contribution in [3.8, 4) is 0 Å². The number of urea groups is 1. The zero-order valence-corrected chi connectivity index (χ0v) is 14.9. The molecule has 2 fully saturated rings. The van der Waals surface area contributed by atoms with Crippen molar-refractivity contribution in [1.29, 1.82) is 0 Å². The Kier molecular flexibility index (Phi) is 4.49. The number of amides is 3. The monoisotopic (exact) mass is 366 g/mol. The van der Waals surface area contributed by atoms with Crippen LogP contribution in [0.5, 0.6) is 0 Å². The highest BCUT2D eigenvalue weighted by Gasteiger charge is 2.54. The molecule has 4 rings (SSSR count). The number of hydrogen-bond donors (Lipinski definition) is 3. The van der Waals surface area contributed by atoms with Gasteiger partial charge in [0.2, 0.25) is 0 Å². The number of nitrogens with zero attached hydrogens (tertiary/aromatic N) is 3. The Balaban J connectivity index is 1.52. The van der Waals surface area contributed by atoms with E-state index in [1.54, 1.807) is 24.5 Å². The number of carbonyl (C=O) groups excluding carboxylic acids is 2. The fraction of sp³-hybridized carbons (Fsp3) is 0.368. The van der Waals surface area contributed by atoms with Gasteiger partial charge in [-0.25, -0.2) is 9.78 Å². The molecule has 0 unspecified atom stereocenters. The summed E-state index contributed by atoms with van der Waals surface area (Å²) in [6.07, 6.45) is 4.87. The molecule has 2 aliphatic heterocycles. The number of pyridine rings is 2. The lowest BCUT2D eigenvalue weighted by Gasteiger charge is -2.40. The number of nitrogens with one attached hydrogen (secondary N) is 2. The quantitative estimate of drug-likeness (QED) is 0.696. The molecule has 2 aromatic heterocycles. The molecular weight excluding hydrogens is 344 g/mol. The van der Waals surface area contributed by atoms with Crippen molar-refractivity contribution >= 4 is 17.8 Å². The highest BCUT2D eigenvalue weighted by Crippen LogP contribution is 2.38. The summed E-state index contributed by atoms with van der Waals surface area (Å²) < 4.78 is 0. The zero-order valence-electron chi connectivity index (χ0n) is 14.9. The number of nitrogen functional groups attached to an aromatic ring is 1. The van der Waals surface area contributed by atoms with Gasteiger partial charge in [0, 0.05) is 24.5 Å². The topological polar surface area (TPSA) is 113 Å². The molecule has 140 valence electrons. The van der Waals surface area contributed by atoms with Gasteiger partial charge in [0.05, 0.1) is 5.69 Å². The second-order valence-corrected chi connectivity index (χ2v) is 7.03. The van der Waals surface area contributed by atoms with Crippen LogP contribution in [-0.4, -0.2) is 39.9 Å². The highest BCUT2D eigenvalue weighted by molar-refractivity contribution is 6.07. The predicted molar refractivity (Wildman–Crippen MR) is 99.2 cm³/mol. The van der Waals surface area contributed by atoms with Gasteiger partial charge in [-0.05, 0) is 50.0 Å². The number of rotatable bonds is 4. The predicted octanol–water partition coefficient (Wildman–Crippen LogP) is 1.01. The fourth-order valence-electron chi connectivity index (χ4n) is 4.09. The third-order valence-corrected chi connectivity index (χ3v) is 5.48. The summed E-state index contributed by atoms with van der Waals surface area (Å²) in [6, 6.07) is 8.83. The first kappa shape index (κ1) is 17.4. The minimum absolute atomic E-state index is 0.0265. The Bertz CT molecular complexity index is 850. The van der Waals surface area contributed by atoms with Crippen molar-refractivity contribution < 1.29 is 9.59 Å². The minimum atomic E-state index is -1.10. The summed E-state index contributed by atoms with van der Waals surface area (Å²) in [4.78, 5) is 35.5. The van der Waals surface area contributed by atoms with Crippen molar-refractivity contribution in [2.75, 3.05) is 18.8 Å². The van der Waals surface area contributed by atoms with Crippen LogP contribution in [0, 0.1) is 5.92 Å². The van der Waals surface area contributed by atoms with E-state index in [9.17, 15) is 9.59 Å². The van der Waals surface area contributed by atoms with Gasteiger partial charge in [0.1, 0.15) is 5.82 Å². The number of nitrogens with two attached hydrogens (primary N) is 1. The van der Waals surface area contributed by atoms with Crippen molar-refractivity contribution in [3.05, 3.63) is 54.0 Å². The largest absolute Gasteiger partial charge is 0.383 e. The lowest BCUT2D eigenvalue weighted by atomic mass is 9.75. The Morgan fingerprint density at radius 1 is 1.11 bits per heavy atom. The van der Waals surface area contributed by atoms with Crippen LogP contribution in [0.4, 0.5) is 10.6 Å². The molecule has 2 saturated heterocycles. The van der Waals surface area contributed by atoms with Crippen molar-refractivity contribution in [1.82, 2.24) is 25.5 Å². The van der Waals surface area contributed by atoms with Gasteiger partial charge in [-0.3, -0.25) is 20.0 Å². The molecule has 3 amide bonds. The van der Waals surface area contributed by atoms with Gasteiger partial charge >= 0.3 is 6.03 Å². The van der Waals surface area contributed by atoms with Crippen molar-refractivity contribution in [2.24, 2.45) is 5.92 Å². The fourth-order valence-corrected chi connectivity index (χ4v) is 4.09. The summed E-state index contributed by atoms with van der Waals surface area (Å²) in [5, 5.41) is 5.26. The van der Waals surface area contributed by atoms with E-state index in [0.29, 0.717) is 11.5 Å². The summed E-state index contributed by atoms with van der Waals surface area (Å²) >= 11 is 0. The third-order valence-electron chi connectivity index (χ3n) is 5.48. The molecule has 27 heavy (non-hydrogen) atoms. The molecule has 8 nitrogen and oxygen atoms in total. The van der Waals surface area contributed by atoms with E-state index in [-0.39, 0.29) is 11.8 Å². The van der Waals surface area contributed by atoms with E-state index in [1.807, 2.05) is 18.2 Å². The first-order valence-electron chi connectivity index (χ1n) is 9.06. The maximum absolute atomic E-state index is 12.8. The van der Waals surface area contributed by atoms with Gasteiger partial charge in [-0.15, -0.1) is 0 Å². The number of imide groups is 1. The average Bonchev–Trinajstić information content (AvgIpc) is 3.00. The Morgan fingerprint density at radius 2 is 1.89 bits per heavy atom. The lowest BCUT2D eigenvalue weighted by Crippen LogP contribution is -2.53. The molecule has 0 saturated carbocycles. The van der Waals surface area contributed by atoms with E-state index in [2.05, 4.69) is 25.5 Å². The van der Waals surface area contributed by atoms with E-state index >= 15 is 0 Å². The average molecular weight is 366 g/mol. The van der Waals surface area contributed by atoms with Crippen LogP contribution >= 0.6 is 0 Å². The van der Waals surface area contributed by atoms with Gasteiger partial charge in [-0.2, -0.15) is 0 Å². The number of anilines is 1. The molecule has 0 aromatic carbocycles. The van der Waals surface area contributed by atoms with Crippen LogP contribution in [0.15, 0.2) is 42.7 Å². The molecule has 0 aliphatic carbocycles. The Morgan fingerprint density at radius 3 is 2.52 bits per heavy atom. The number of hydrogen-bond acceptors (Lipinski definition) is 6. The smallest absolute Gasteiger partial charge is 0.322 e. The van der Waals surface area contributed by atoms with E-state index in [4.69, 9.17) is 5.73 Å². The molecule has 0 bridgehead atoms. The first-order chi connectivity index (χ1) is 13.1. The number of piperidine rings is 1. The van der Waals surface area contributed by atoms with Gasteiger partial charge in [-0.1, -0.05) is 12.1 Å². The SMILES string of the molecule is Nc1ncccc1CN1CCC([C@@]2(c3ccccn3)NC(=O)NC2=O)CC1. The number of likely N-dealkylation sites (tertiary alicyclic amines) is 1. The Hall–Kier alpha value is -3.00. The van der Waals surface area contributed by atoms with Crippen molar-refractivity contribution in [3.63, 3.8) is 0 Å². The van der Waals surface area contributed by atoms with Crippen LogP contribution in [0.1, 0.15) is 24.1 Å². The standard InChI is InChI=1S/C19H22N6O2/c20-16-13(4-3-9-22-16)12-25-10-6-14(7-11-25)19(15-5-1-2-8-21-15)17(26)23-18(27)24-19/h1-5,8-9,14H,6-7,10-12H2,(H2,20,22)(H2,23,24,26,27)/t19-/m0/s1. The molecule has 0 spiro atoms. The lowest BCUT2D eigenvalue weighted by molar-refractivity contribution is -0.127. The Labute approximate surface area is 157 Å². The van der Waals surface area contributed by atoms with Gasteiger partial charge in [0.15, 0.2) is 5.54 Å². The molecule has 4 heterocycles. The molecule has 4 N–H and O–H groups in total. The van der Waals surface area contributed by atoms with E-state index < -0.39 is 11.6 Å². The summed E-state index contributed by atoms with van der Waals surface area (Å²) in [7, 11) is 0. The summed E-state index contributed by atoms with van der Waals surface area (Å²) in [5.41, 5.74) is 6.44. The second kappa shape index (κ2) is 6.96. The molecular formula is C19H22N6O2. The zero-order chi connectivity index (χ0) is 18.9. The molecule has 2 aromatic rings. The molecule has 0 radical (unpaired) electrons. The number of carbonyl (C=O) groups is 2. The maximum atomic E-state index is 12.8. The van der Waals surface area contributed by atoms with E-state index in [0.717, 1.165) is 38.0 Å². The summed E-state index contributed by atoms with van der Waals surface area (Å²) in [6.45, 7) is 2.33. The van der Waals surface area contributed by atoms with Crippen LogP contribution in [-0.2, 0) is 16.9 Å². The highest BCUT2D eigenvalue weighted by atomic mass is 16.2. The minimum Gasteiger partial charge on any atom is -0.383 e. The second-order valence-electron chi connectivity index (χ2n) is 7.03. The molecule has 2 aliphatic rings. The van der Waals surface area contributed by atoms with Gasteiger partial charge in [0.25, 0.3) is 5.91 Å². The van der Waals surface area contributed by atoms with Crippen LogP contribution < -0.4 is 16.4 Å². The van der Waals surface area contributed by atoms with E-state index in [1.165, 1.54) is 0 Å². The molecule has 8 heteroatoms. The summed E-state index contributed by atoms with van der Waals surface area (Å²) in [5.74, 6) is 0.203. The van der Waals surface area contributed by atoms with Crippen LogP contribution in [0.3, 0.4) is 0 Å². The molecule has 1 atom stereocenters. The number of aromatic nitrogens is 2. The third kappa shape index (κ3) is 3.12. The van der Waals surface area contributed by atoms with Gasteiger partial charge < -0.3 is 11.1 Å². The van der Waals surface area contributed by atoms with Crippen LogP contribution in [0.2, 0.25) is 0 Å². The van der Waals surface area contributed by atoms with Crippen LogP contribution in [0.25, 0.3) is 0 Å². The first-order valence-corrected chi connectivity index (χ1v) is 9.06. The van der Waals surface area contributed by atoms with Crippen molar-refractivity contribution in [2.45, 2.75) is 24.9 Å². The normalized spacial score (nSPS) is 23.9. The maximum Gasteiger partial charge on any atom is 0.322 e.